The van der Waals surface area contributed by atoms with Crippen LogP contribution in [0.4, 0.5) is 10.1 Å². The van der Waals surface area contributed by atoms with E-state index in [0.717, 1.165) is 21.8 Å². The van der Waals surface area contributed by atoms with Crippen LogP contribution in [-0.2, 0) is 4.79 Å². The summed E-state index contributed by atoms with van der Waals surface area (Å²) in [6, 6.07) is 13.2. The fraction of sp³-hybridized carbons (Fsp3) is 0.182. The van der Waals surface area contributed by atoms with Gasteiger partial charge in [-0.05, 0) is 30.7 Å². The lowest BCUT2D eigenvalue weighted by molar-refractivity contribution is -0.116. The maximum atomic E-state index is 13.8. The molecule has 148 valence electrons. The van der Waals surface area contributed by atoms with Gasteiger partial charge in [-0.2, -0.15) is 0 Å². The summed E-state index contributed by atoms with van der Waals surface area (Å²) in [5, 5.41) is 12.6. The largest absolute Gasteiger partial charge is 0.494 e. The van der Waals surface area contributed by atoms with Crippen molar-refractivity contribution in [3.63, 3.8) is 0 Å². The quantitative estimate of drug-likeness (QED) is 0.611. The van der Waals surface area contributed by atoms with Crippen LogP contribution in [0.25, 0.3) is 11.1 Å². The van der Waals surface area contributed by atoms with Crippen molar-refractivity contribution < 1.29 is 23.8 Å². The Balaban J connectivity index is 1.94. The number of rotatable bonds is 5. The Hall–Kier alpha value is -3.19. The van der Waals surface area contributed by atoms with Gasteiger partial charge in [0.05, 0.1) is 12.3 Å². The molecule has 1 unspecified atom stereocenters. The van der Waals surface area contributed by atoms with Crippen molar-refractivity contribution in [3.05, 3.63) is 69.7 Å². The fourth-order valence-electron chi connectivity index (χ4n) is 3.66. The molecule has 1 amide bonds. The lowest BCUT2D eigenvalue weighted by Gasteiger charge is -2.25. The number of para-hydroxylation sites is 1. The number of carbonyl (C=O) groups excluding carboxylic acids is 1. The molecule has 0 spiro atoms. The predicted octanol–water partition coefficient (Wildman–Crippen LogP) is 5.13. The summed E-state index contributed by atoms with van der Waals surface area (Å²) in [6.45, 7) is 2.35. The number of carboxylic acids is 1. The van der Waals surface area contributed by atoms with Crippen LogP contribution in [0.3, 0.4) is 0 Å². The highest BCUT2D eigenvalue weighted by Gasteiger charge is 2.35. The molecule has 1 aliphatic heterocycles. The van der Waals surface area contributed by atoms with Gasteiger partial charge < -0.3 is 15.2 Å². The van der Waals surface area contributed by atoms with Crippen LogP contribution >= 0.6 is 11.3 Å². The average molecular weight is 411 g/mol. The van der Waals surface area contributed by atoms with Crippen LogP contribution in [0, 0.1) is 5.82 Å². The van der Waals surface area contributed by atoms with Gasteiger partial charge in [-0.3, -0.25) is 4.79 Å². The van der Waals surface area contributed by atoms with E-state index in [-0.39, 0.29) is 23.1 Å². The molecule has 5 nitrogen and oxygen atoms in total. The number of anilines is 1. The minimum absolute atomic E-state index is 0.0710. The maximum absolute atomic E-state index is 13.8. The Morgan fingerprint density at radius 2 is 2.07 bits per heavy atom. The van der Waals surface area contributed by atoms with E-state index in [9.17, 15) is 19.1 Å². The zero-order valence-corrected chi connectivity index (χ0v) is 16.4. The van der Waals surface area contributed by atoms with E-state index < -0.39 is 11.8 Å². The highest BCUT2D eigenvalue weighted by atomic mass is 32.1. The van der Waals surface area contributed by atoms with Gasteiger partial charge in [-0.15, -0.1) is 11.3 Å². The summed E-state index contributed by atoms with van der Waals surface area (Å²) in [7, 11) is 0. The molecule has 1 aromatic heterocycles. The van der Waals surface area contributed by atoms with Gasteiger partial charge in [0.25, 0.3) is 0 Å². The van der Waals surface area contributed by atoms with Crippen molar-refractivity contribution in [1.82, 2.24) is 0 Å². The molecule has 0 bridgehead atoms. The van der Waals surface area contributed by atoms with Gasteiger partial charge in [-0.1, -0.05) is 30.3 Å². The lowest BCUT2D eigenvalue weighted by Crippen LogP contribution is -2.22. The second-order valence-electron chi connectivity index (χ2n) is 6.64. The van der Waals surface area contributed by atoms with Gasteiger partial charge in [0.2, 0.25) is 5.91 Å². The first-order chi connectivity index (χ1) is 14.0. The molecule has 2 N–H and O–H groups in total. The SMILES string of the molecule is CCOc1ccccc1C1CC(=O)Nc2c1sc(C(=O)O)c2-c1cccc(F)c1. The molecule has 2 heterocycles. The van der Waals surface area contributed by atoms with Crippen LogP contribution in [0.5, 0.6) is 5.75 Å². The number of amides is 1. The van der Waals surface area contributed by atoms with Crippen molar-refractivity contribution in [1.29, 1.82) is 0 Å². The van der Waals surface area contributed by atoms with Gasteiger partial charge in [0, 0.05) is 28.3 Å². The number of nitrogens with one attached hydrogen (secondary N) is 1. The molecule has 0 saturated carbocycles. The van der Waals surface area contributed by atoms with E-state index in [4.69, 9.17) is 4.74 Å². The molecular weight excluding hydrogens is 393 g/mol. The Labute approximate surface area is 170 Å². The standard InChI is InChI=1S/C22H18FNO4S/c1-2-28-16-9-4-3-8-14(16)15-11-17(25)24-19-18(12-6-5-7-13(23)10-12)21(22(26)27)29-20(15)19/h3-10,15H,2,11H2,1H3,(H,24,25)(H,26,27). The number of halogens is 1. The summed E-state index contributed by atoms with van der Waals surface area (Å²) >= 11 is 1.11. The molecule has 0 aliphatic carbocycles. The number of carbonyl (C=O) groups is 2. The second-order valence-corrected chi connectivity index (χ2v) is 7.69. The van der Waals surface area contributed by atoms with Crippen LogP contribution < -0.4 is 10.1 Å². The highest BCUT2D eigenvalue weighted by Crippen LogP contribution is 2.50. The molecule has 0 saturated heterocycles. The third-order valence-corrected chi connectivity index (χ3v) is 6.10. The number of fused-ring (bicyclic) bond motifs is 1. The molecule has 0 radical (unpaired) electrons. The summed E-state index contributed by atoms with van der Waals surface area (Å²) in [6.07, 6.45) is 0.180. The van der Waals surface area contributed by atoms with E-state index in [0.29, 0.717) is 29.2 Å². The number of benzene rings is 2. The third-order valence-electron chi connectivity index (χ3n) is 4.81. The number of hydrogen-bond donors (Lipinski definition) is 2. The van der Waals surface area contributed by atoms with Gasteiger partial charge in [0.15, 0.2) is 0 Å². The zero-order chi connectivity index (χ0) is 20.5. The summed E-state index contributed by atoms with van der Waals surface area (Å²) in [4.78, 5) is 25.3. The Morgan fingerprint density at radius 3 is 2.79 bits per heavy atom. The van der Waals surface area contributed by atoms with Gasteiger partial charge >= 0.3 is 5.97 Å². The first-order valence-electron chi connectivity index (χ1n) is 9.17. The van der Waals surface area contributed by atoms with Crippen molar-refractivity contribution >= 4 is 28.9 Å². The fourth-order valence-corrected chi connectivity index (χ4v) is 4.90. The van der Waals surface area contributed by atoms with Crippen LogP contribution in [0.15, 0.2) is 48.5 Å². The predicted molar refractivity (Wildman–Crippen MR) is 109 cm³/mol. The molecule has 2 aromatic carbocycles. The molecule has 1 atom stereocenters. The van der Waals surface area contributed by atoms with Crippen molar-refractivity contribution in [2.45, 2.75) is 19.3 Å². The number of thiophene rings is 1. The molecule has 3 aromatic rings. The van der Waals surface area contributed by atoms with Crippen LogP contribution in [0.1, 0.15) is 39.4 Å². The third kappa shape index (κ3) is 3.49. The number of hydrogen-bond acceptors (Lipinski definition) is 4. The van der Waals surface area contributed by atoms with Crippen molar-refractivity contribution in [2.75, 3.05) is 11.9 Å². The lowest BCUT2D eigenvalue weighted by atomic mass is 9.88. The average Bonchev–Trinajstić information content (AvgIpc) is 3.08. The van der Waals surface area contributed by atoms with E-state index in [2.05, 4.69) is 5.32 Å². The van der Waals surface area contributed by atoms with E-state index >= 15 is 0 Å². The Bertz CT molecular complexity index is 1110. The zero-order valence-electron chi connectivity index (χ0n) is 15.6. The summed E-state index contributed by atoms with van der Waals surface area (Å²) < 4.78 is 19.6. The van der Waals surface area contributed by atoms with E-state index in [1.54, 1.807) is 6.07 Å². The first-order valence-corrected chi connectivity index (χ1v) is 9.98. The minimum Gasteiger partial charge on any atom is -0.494 e. The number of aromatic carboxylic acids is 1. The molecule has 1 aliphatic rings. The van der Waals surface area contributed by atoms with Crippen molar-refractivity contribution in [2.24, 2.45) is 0 Å². The number of ether oxygens (including phenoxy) is 1. The topological polar surface area (TPSA) is 75.6 Å². The Morgan fingerprint density at radius 1 is 1.28 bits per heavy atom. The van der Waals surface area contributed by atoms with E-state index in [1.165, 1.54) is 18.2 Å². The van der Waals surface area contributed by atoms with Gasteiger partial charge in [-0.25, -0.2) is 9.18 Å². The monoisotopic (exact) mass is 411 g/mol. The van der Waals surface area contributed by atoms with Crippen molar-refractivity contribution in [3.8, 4) is 16.9 Å². The summed E-state index contributed by atoms with van der Waals surface area (Å²) in [5.74, 6) is -1.49. The molecule has 4 rings (SSSR count). The van der Waals surface area contributed by atoms with Gasteiger partial charge in [0.1, 0.15) is 16.4 Å². The van der Waals surface area contributed by atoms with E-state index in [1.807, 2.05) is 31.2 Å². The Kier molecular flexibility index (Phi) is 5.07. The molecule has 7 heteroatoms. The summed E-state index contributed by atoms with van der Waals surface area (Å²) in [5.41, 5.74) is 2.02. The van der Waals surface area contributed by atoms with Crippen LogP contribution in [0.2, 0.25) is 0 Å². The minimum atomic E-state index is -1.12. The second kappa shape index (κ2) is 7.67. The first kappa shape index (κ1) is 19.1. The van der Waals surface area contributed by atoms with Crippen LogP contribution in [-0.4, -0.2) is 23.6 Å². The molecule has 29 heavy (non-hydrogen) atoms. The smallest absolute Gasteiger partial charge is 0.346 e. The molecular formula is C22H18FNO4S. The highest BCUT2D eigenvalue weighted by molar-refractivity contribution is 7.15. The normalized spacial score (nSPS) is 15.5. The number of carboxylic acid groups (broad SMARTS) is 1. The molecule has 0 fully saturated rings. The maximum Gasteiger partial charge on any atom is 0.346 e.